The molecule has 2 aliphatic carbocycles. The van der Waals surface area contributed by atoms with E-state index in [1.54, 1.807) is 6.20 Å². The number of allylic oxidation sites excluding steroid dienone is 2. The Kier molecular flexibility index (Phi) is 3.23. The first-order chi connectivity index (χ1) is 10.3. The van der Waals surface area contributed by atoms with E-state index < -0.39 is 0 Å². The molecule has 0 aliphatic heterocycles. The lowest BCUT2D eigenvalue weighted by molar-refractivity contribution is 0.472. The summed E-state index contributed by atoms with van der Waals surface area (Å²) in [4.78, 5) is 0. The van der Waals surface area contributed by atoms with E-state index in [9.17, 15) is 0 Å². The molecule has 1 N–H and O–H groups in total. The molecule has 1 saturated carbocycles. The van der Waals surface area contributed by atoms with Crippen LogP contribution in [0.3, 0.4) is 0 Å². The van der Waals surface area contributed by atoms with Gasteiger partial charge in [-0.2, -0.15) is 5.10 Å². The third kappa shape index (κ3) is 2.36. The summed E-state index contributed by atoms with van der Waals surface area (Å²) in [5.41, 5.74) is 1.99. The highest BCUT2D eigenvalue weighted by Gasteiger charge is 2.35. The molecule has 21 heavy (non-hydrogen) atoms. The van der Waals surface area contributed by atoms with Crippen molar-refractivity contribution in [3.05, 3.63) is 53.8 Å². The first-order valence-corrected chi connectivity index (χ1v) is 7.90. The smallest absolute Gasteiger partial charge is 0.106 e. The molecule has 3 nitrogen and oxygen atoms in total. The lowest BCUT2D eigenvalue weighted by Gasteiger charge is -2.21. The van der Waals surface area contributed by atoms with E-state index >= 15 is 0 Å². The Bertz CT molecular complexity index is 663. The van der Waals surface area contributed by atoms with Crippen LogP contribution in [0.4, 0.5) is 5.69 Å². The van der Waals surface area contributed by atoms with Gasteiger partial charge in [-0.15, -0.1) is 0 Å². The summed E-state index contributed by atoms with van der Waals surface area (Å²) in [5.74, 6) is 2.31. The van der Waals surface area contributed by atoms with Gasteiger partial charge in [-0.1, -0.05) is 29.8 Å². The van der Waals surface area contributed by atoms with Crippen molar-refractivity contribution in [2.75, 3.05) is 11.9 Å². The zero-order valence-electron chi connectivity index (χ0n) is 11.7. The van der Waals surface area contributed by atoms with Gasteiger partial charge in [-0.25, -0.2) is 4.68 Å². The van der Waals surface area contributed by atoms with Crippen LogP contribution in [0.2, 0.25) is 5.02 Å². The highest BCUT2D eigenvalue weighted by molar-refractivity contribution is 6.33. The molecule has 0 saturated heterocycles. The van der Waals surface area contributed by atoms with Gasteiger partial charge in [0.2, 0.25) is 0 Å². The van der Waals surface area contributed by atoms with E-state index in [1.807, 2.05) is 29.1 Å². The van der Waals surface area contributed by atoms with Gasteiger partial charge in [0.25, 0.3) is 0 Å². The standard InChI is InChI=1S/C17H18ClN3/c18-15-3-1-4-16(17(15)21-8-2-7-20-21)19-11-14-10-12-5-6-13(14)9-12/h1-8,12-14,19H,9-11H2. The summed E-state index contributed by atoms with van der Waals surface area (Å²) in [5, 5.41) is 8.62. The van der Waals surface area contributed by atoms with Crippen LogP contribution in [0.5, 0.6) is 0 Å². The van der Waals surface area contributed by atoms with Gasteiger partial charge in [-0.3, -0.25) is 0 Å². The van der Waals surface area contributed by atoms with E-state index in [0.717, 1.165) is 40.7 Å². The minimum Gasteiger partial charge on any atom is -0.383 e. The first-order valence-electron chi connectivity index (χ1n) is 7.52. The number of hydrogen-bond donors (Lipinski definition) is 1. The van der Waals surface area contributed by atoms with Gasteiger partial charge in [0, 0.05) is 18.9 Å². The summed E-state index contributed by atoms with van der Waals surface area (Å²) >= 11 is 6.37. The molecule has 0 radical (unpaired) electrons. The fourth-order valence-electron chi connectivity index (χ4n) is 3.66. The molecule has 4 heteroatoms. The second-order valence-corrected chi connectivity index (χ2v) is 6.42. The Morgan fingerprint density at radius 1 is 1.24 bits per heavy atom. The topological polar surface area (TPSA) is 29.9 Å². The largest absolute Gasteiger partial charge is 0.383 e. The number of anilines is 1. The van der Waals surface area contributed by atoms with Crippen molar-refractivity contribution < 1.29 is 0 Å². The van der Waals surface area contributed by atoms with Gasteiger partial charge in [-0.05, 0) is 48.8 Å². The highest BCUT2D eigenvalue weighted by Crippen LogP contribution is 2.43. The fraction of sp³-hybridized carbons (Fsp3) is 0.353. The normalized spacial score (nSPS) is 26.4. The molecule has 1 fully saturated rings. The molecule has 3 atom stereocenters. The monoisotopic (exact) mass is 299 g/mol. The third-order valence-electron chi connectivity index (χ3n) is 4.69. The summed E-state index contributed by atoms with van der Waals surface area (Å²) in [6, 6.07) is 7.88. The van der Waals surface area contributed by atoms with E-state index in [0.29, 0.717) is 0 Å². The number of fused-ring (bicyclic) bond motifs is 2. The highest BCUT2D eigenvalue weighted by atomic mass is 35.5. The Hall–Kier alpha value is -1.74. The predicted molar refractivity (Wildman–Crippen MR) is 85.9 cm³/mol. The summed E-state index contributed by atoms with van der Waals surface area (Å²) in [6.45, 7) is 1.00. The number of para-hydroxylation sites is 1. The van der Waals surface area contributed by atoms with Crippen molar-refractivity contribution in [2.24, 2.45) is 17.8 Å². The third-order valence-corrected chi connectivity index (χ3v) is 5.00. The number of nitrogens with zero attached hydrogens (tertiary/aromatic N) is 2. The van der Waals surface area contributed by atoms with Gasteiger partial charge < -0.3 is 5.32 Å². The zero-order chi connectivity index (χ0) is 14.2. The van der Waals surface area contributed by atoms with Crippen LogP contribution in [0.1, 0.15) is 12.8 Å². The van der Waals surface area contributed by atoms with Crippen LogP contribution in [0.15, 0.2) is 48.8 Å². The van der Waals surface area contributed by atoms with Crippen molar-refractivity contribution in [1.29, 1.82) is 0 Å². The van der Waals surface area contributed by atoms with Crippen molar-refractivity contribution >= 4 is 17.3 Å². The minimum absolute atomic E-state index is 0.719. The van der Waals surface area contributed by atoms with Crippen LogP contribution in [0.25, 0.3) is 5.69 Å². The van der Waals surface area contributed by atoms with E-state index in [1.165, 1.54) is 12.8 Å². The number of hydrogen-bond acceptors (Lipinski definition) is 2. The molecule has 2 aliphatic rings. The van der Waals surface area contributed by atoms with Gasteiger partial charge >= 0.3 is 0 Å². The number of halogens is 1. The van der Waals surface area contributed by atoms with E-state index in [2.05, 4.69) is 28.6 Å². The van der Waals surface area contributed by atoms with Crippen molar-refractivity contribution in [1.82, 2.24) is 9.78 Å². The fourth-order valence-corrected chi connectivity index (χ4v) is 3.92. The maximum absolute atomic E-state index is 6.37. The molecule has 108 valence electrons. The Balaban J connectivity index is 1.55. The van der Waals surface area contributed by atoms with Crippen LogP contribution >= 0.6 is 11.6 Å². The molecule has 0 amide bonds. The SMILES string of the molecule is Clc1cccc(NCC2CC3C=CC2C3)c1-n1cccn1. The van der Waals surface area contributed by atoms with Crippen LogP contribution in [0, 0.1) is 17.8 Å². The van der Waals surface area contributed by atoms with Gasteiger partial charge in [0.1, 0.15) is 5.69 Å². The maximum Gasteiger partial charge on any atom is 0.106 e. The molecule has 4 rings (SSSR count). The van der Waals surface area contributed by atoms with Crippen LogP contribution in [-0.4, -0.2) is 16.3 Å². The Labute approximate surface area is 129 Å². The van der Waals surface area contributed by atoms with Crippen LogP contribution in [-0.2, 0) is 0 Å². The summed E-state index contributed by atoms with van der Waals surface area (Å²) in [7, 11) is 0. The van der Waals surface area contributed by atoms with Gasteiger partial charge in [0.05, 0.1) is 10.7 Å². The second kappa shape index (κ2) is 5.23. The van der Waals surface area contributed by atoms with Crippen molar-refractivity contribution in [3.63, 3.8) is 0 Å². The quantitative estimate of drug-likeness (QED) is 0.860. The molecule has 1 aromatic heterocycles. The van der Waals surface area contributed by atoms with Crippen molar-refractivity contribution in [2.45, 2.75) is 12.8 Å². The lowest BCUT2D eigenvalue weighted by Crippen LogP contribution is -2.19. The van der Waals surface area contributed by atoms with E-state index in [4.69, 9.17) is 11.6 Å². The molecule has 2 aromatic rings. The van der Waals surface area contributed by atoms with E-state index in [-0.39, 0.29) is 0 Å². The first kappa shape index (κ1) is 13.0. The maximum atomic E-state index is 6.37. The Morgan fingerprint density at radius 3 is 2.90 bits per heavy atom. The number of aromatic nitrogens is 2. The molecule has 1 heterocycles. The van der Waals surface area contributed by atoms with Gasteiger partial charge in [0.15, 0.2) is 0 Å². The second-order valence-electron chi connectivity index (χ2n) is 6.01. The van der Waals surface area contributed by atoms with Crippen LogP contribution < -0.4 is 5.32 Å². The predicted octanol–water partition coefficient (Wildman–Crippen LogP) is 4.15. The minimum atomic E-state index is 0.719. The number of benzene rings is 1. The van der Waals surface area contributed by atoms with Crippen molar-refractivity contribution in [3.8, 4) is 5.69 Å². The molecular weight excluding hydrogens is 282 g/mol. The molecule has 1 aromatic carbocycles. The zero-order valence-corrected chi connectivity index (χ0v) is 12.5. The molecular formula is C17H18ClN3. The summed E-state index contributed by atoms with van der Waals surface area (Å²) < 4.78 is 1.82. The molecule has 0 spiro atoms. The number of nitrogens with one attached hydrogen (secondary N) is 1. The average Bonchev–Trinajstić information content (AvgIpc) is 3.22. The summed E-state index contributed by atoms with van der Waals surface area (Å²) in [6.07, 6.45) is 11.1. The number of rotatable bonds is 4. The average molecular weight is 300 g/mol. The Morgan fingerprint density at radius 2 is 2.19 bits per heavy atom. The molecule has 2 bridgehead atoms. The molecule has 3 unspecified atom stereocenters. The lowest BCUT2D eigenvalue weighted by atomic mass is 9.93.